The number of fused-ring (bicyclic) bond motifs is 1. The van der Waals surface area contributed by atoms with Crippen LogP contribution in [0.25, 0.3) is 10.2 Å². The SMILES string of the molecule is Cc1cc(C)c2c(N)c(C(=O)Nc3ccc(C(=O)OC(C)C)cc3)sc2n1. The summed E-state index contributed by atoms with van der Waals surface area (Å²) >= 11 is 1.27. The van der Waals surface area contributed by atoms with Crippen molar-refractivity contribution in [3.05, 3.63) is 52.0 Å². The normalized spacial score (nSPS) is 11.0. The molecule has 6 nitrogen and oxygen atoms in total. The number of ether oxygens (including phenoxy) is 1. The van der Waals surface area contributed by atoms with Crippen molar-refractivity contribution < 1.29 is 14.3 Å². The largest absolute Gasteiger partial charge is 0.459 e. The van der Waals surface area contributed by atoms with Crippen LogP contribution in [0.2, 0.25) is 0 Å². The molecule has 0 aliphatic rings. The van der Waals surface area contributed by atoms with Crippen LogP contribution in [-0.4, -0.2) is 23.0 Å². The van der Waals surface area contributed by atoms with E-state index < -0.39 is 5.97 Å². The third-order valence-electron chi connectivity index (χ3n) is 3.95. The summed E-state index contributed by atoms with van der Waals surface area (Å²) < 4.78 is 5.15. The highest BCUT2D eigenvalue weighted by atomic mass is 32.1. The summed E-state index contributed by atoms with van der Waals surface area (Å²) in [4.78, 5) is 30.2. The van der Waals surface area contributed by atoms with E-state index in [1.807, 2.05) is 19.9 Å². The minimum absolute atomic E-state index is 0.187. The van der Waals surface area contributed by atoms with Gasteiger partial charge in [0.05, 0.1) is 17.4 Å². The number of nitrogens with zero attached hydrogens (tertiary/aromatic N) is 1. The van der Waals surface area contributed by atoms with Crippen LogP contribution in [0, 0.1) is 13.8 Å². The quantitative estimate of drug-likeness (QED) is 0.655. The van der Waals surface area contributed by atoms with Crippen LogP contribution in [0.5, 0.6) is 0 Å². The summed E-state index contributed by atoms with van der Waals surface area (Å²) in [5.41, 5.74) is 9.52. The molecular weight excluding hydrogens is 362 g/mol. The van der Waals surface area contributed by atoms with Gasteiger partial charge < -0.3 is 15.8 Å². The molecule has 3 aromatic rings. The summed E-state index contributed by atoms with van der Waals surface area (Å²) in [5.74, 6) is -0.696. The van der Waals surface area contributed by atoms with E-state index in [1.54, 1.807) is 38.1 Å². The zero-order valence-electron chi connectivity index (χ0n) is 15.6. The molecule has 7 heteroatoms. The summed E-state index contributed by atoms with van der Waals surface area (Å²) in [7, 11) is 0. The maximum Gasteiger partial charge on any atom is 0.338 e. The smallest absolute Gasteiger partial charge is 0.338 e. The number of pyridine rings is 1. The molecule has 140 valence electrons. The minimum Gasteiger partial charge on any atom is -0.459 e. The molecule has 1 aromatic carbocycles. The number of thiophene rings is 1. The molecule has 0 fully saturated rings. The maximum atomic E-state index is 12.7. The van der Waals surface area contributed by atoms with Crippen molar-refractivity contribution in [2.24, 2.45) is 0 Å². The number of anilines is 2. The lowest BCUT2D eigenvalue weighted by Gasteiger charge is -2.09. The Bertz CT molecular complexity index is 1020. The van der Waals surface area contributed by atoms with E-state index in [-0.39, 0.29) is 12.0 Å². The van der Waals surface area contributed by atoms with Crippen molar-refractivity contribution in [2.45, 2.75) is 33.8 Å². The number of nitrogens with two attached hydrogens (primary N) is 1. The van der Waals surface area contributed by atoms with Gasteiger partial charge in [-0.3, -0.25) is 4.79 Å². The fraction of sp³-hybridized carbons (Fsp3) is 0.250. The highest BCUT2D eigenvalue weighted by Crippen LogP contribution is 2.35. The van der Waals surface area contributed by atoms with E-state index >= 15 is 0 Å². The van der Waals surface area contributed by atoms with Crippen molar-refractivity contribution in [3.63, 3.8) is 0 Å². The lowest BCUT2D eigenvalue weighted by atomic mass is 10.1. The molecule has 0 bridgehead atoms. The number of nitrogens with one attached hydrogen (secondary N) is 1. The molecule has 0 saturated heterocycles. The summed E-state index contributed by atoms with van der Waals surface area (Å²) in [6.07, 6.45) is -0.187. The van der Waals surface area contributed by atoms with Crippen molar-refractivity contribution in [2.75, 3.05) is 11.1 Å². The van der Waals surface area contributed by atoms with Gasteiger partial charge >= 0.3 is 5.97 Å². The van der Waals surface area contributed by atoms with Gasteiger partial charge in [0.2, 0.25) is 0 Å². The maximum absolute atomic E-state index is 12.7. The number of hydrogen-bond donors (Lipinski definition) is 2. The first kappa shape index (κ1) is 18.8. The van der Waals surface area contributed by atoms with E-state index in [2.05, 4.69) is 10.3 Å². The Morgan fingerprint density at radius 1 is 1.19 bits per heavy atom. The molecule has 3 N–H and O–H groups in total. The molecule has 0 saturated carbocycles. The Morgan fingerprint density at radius 2 is 1.85 bits per heavy atom. The summed E-state index contributed by atoms with van der Waals surface area (Å²) in [5, 5.41) is 3.63. The molecule has 0 atom stereocenters. The number of rotatable bonds is 4. The average molecular weight is 383 g/mol. The van der Waals surface area contributed by atoms with Crippen LogP contribution < -0.4 is 11.1 Å². The summed E-state index contributed by atoms with van der Waals surface area (Å²) in [6, 6.07) is 8.49. The highest BCUT2D eigenvalue weighted by Gasteiger charge is 2.19. The number of carbonyl (C=O) groups excluding carboxylic acids is 2. The van der Waals surface area contributed by atoms with E-state index in [0.717, 1.165) is 21.5 Å². The lowest BCUT2D eigenvalue weighted by molar-refractivity contribution is 0.0378. The first-order valence-corrected chi connectivity index (χ1v) is 9.36. The van der Waals surface area contributed by atoms with Crippen LogP contribution in [0.4, 0.5) is 11.4 Å². The second-order valence-corrected chi connectivity index (χ2v) is 7.59. The third-order valence-corrected chi connectivity index (χ3v) is 5.05. The fourth-order valence-electron chi connectivity index (χ4n) is 2.80. The minimum atomic E-state index is -0.395. The van der Waals surface area contributed by atoms with Gasteiger partial charge in [-0.25, -0.2) is 9.78 Å². The van der Waals surface area contributed by atoms with E-state index in [4.69, 9.17) is 10.5 Å². The first-order chi connectivity index (χ1) is 12.8. The predicted octanol–water partition coefficient (Wildman–Crippen LogP) is 4.31. The molecule has 0 aliphatic heterocycles. The van der Waals surface area contributed by atoms with Gasteiger partial charge in [0.15, 0.2) is 0 Å². The molecule has 0 spiro atoms. The number of amides is 1. The first-order valence-electron chi connectivity index (χ1n) is 8.55. The number of aromatic nitrogens is 1. The molecular formula is C20H21N3O3S. The fourth-order valence-corrected chi connectivity index (χ4v) is 3.91. The third kappa shape index (κ3) is 3.93. The topological polar surface area (TPSA) is 94.3 Å². The molecule has 3 rings (SSSR count). The number of esters is 1. The molecule has 2 heterocycles. The molecule has 2 aromatic heterocycles. The van der Waals surface area contributed by atoms with Crippen LogP contribution >= 0.6 is 11.3 Å². The number of nitrogen functional groups attached to an aromatic ring is 1. The molecule has 0 radical (unpaired) electrons. The average Bonchev–Trinajstić information content (AvgIpc) is 2.91. The standard InChI is InChI=1S/C20H21N3O3S/c1-10(2)26-20(25)13-5-7-14(8-6-13)23-18(24)17-16(21)15-11(3)9-12(4)22-19(15)27-17/h5-10H,21H2,1-4H3,(H,23,24). The van der Waals surface area contributed by atoms with Gasteiger partial charge in [-0.15, -0.1) is 11.3 Å². The molecule has 27 heavy (non-hydrogen) atoms. The summed E-state index contributed by atoms with van der Waals surface area (Å²) in [6.45, 7) is 7.45. The Hall–Kier alpha value is -2.93. The Balaban J connectivity index is 1.81. The van der Waals surface area contributed by atoms with Crippen molar-refractivity contribution in [3.8, 4) is 0 Å². The Kier molecular flexibility index (Phi) is 5.14. The number of aryl methyl sites for hydroxylation is 2. The second-order valence-electron chi connectivity index (χ2n) is 6.59. The zero-order valence-corrected chi connectivity index (χ0v) is 16.4. The van der Waals surface area contributed by atoms with Gasteiger partial charge in [0, 0.05) is 16.8 Å². The van der Waals surface area contributed by atoms with Gasteiger partial charge in [-0.1, -0.05) is 0 Å². The van der Waals surface area contributed by atoms with Crippen molar-refractivity contribution in [1.82, 2.24) is 4.98 Å². The monoisotopic (exact) mass is 383 g/mol. The van der Waals surface area contributed by atoms with E-state index in [1.165, 1.54) is 11.3 Å². The van der Waals surface area contributed by atoms with Gasteiger partial charge in [-0.05, 0) is 63.6 Å². The van der Waals surface area contributed by atoms with Crippen LogP contribution in [0.1, 0.15) is 45.1 Å². The predicted molar refractivity (Wildman–Crippen MR) is 108 cm³/mol. The second kappa shape index (κ2) is 7.36. The highest BCUT2D eigenvalue weighted by molar-refractivity contribution is 7.21. The molecule has 1 amide bonds. The Labute approximate surface area is 161 Å². The van der Waals surface area contributed by atoms with Crippen LogP contribution in [-0.2, 0) is 4.74 Å². The van der Waals surface area contributed by atoms with Crippen molar-refractivity contribution in [1.29, 1.82) is 0 Å². The van der Waals surface area contributed by atoms with Crippen molar-refractivity contribution >= 4 is 44.8 Å². The van der Waals surface area contributed by atoms with Gasteiger partial charge in [-0.2, -0.15) is 0 Å². The van der Waals surface area contributed by atoms with E-state index in [9.17, 15) is 9.59 Å². The molecule has 0 aliphatic carbocycles. The van der Waals surface area contributed by atoms with Crippen LogP contribution in [0.15, 0.2) is 30.3 Å². The Morgan fingerprint density at radius 3 is 2.48 bits per heavy atom. The zero-order chi connectivity index (χ0) is 19.7. The number of hydrogen-bond acceptors (Lipinski definition) is 6. The van der Waals surface area contributed by atoms with Crippen LogP contribution in [0.3, 0.4) is 0 Å². The van der Waals surface area contributed by atoms with Gasteiger partial charge in [0.25, 0.3) is 5.91 Å². The number of carbonyl (C=O) groups is 2. The van der Waals surface area contributed by atoms with E-state index in [0.29, 0.717) is 21.8 Å². The lowest BCUT2D eigenvalue weighted by Crippen LogP contribution is -2.13. The molecule has 0 unspecified atom stereocenters. The number of benzene rings is 1. The van der Waals surface area contributed by atoms with Gasteiger partial charge in [0.1, 0.15) is 9.71 Å².